The first-order chi connectivity index (χ1) is 8.77. The molecule has 0 atom stereocenters. The number of hydrogen-bond acceptors (Lipinski definition) is 4. The number of methoxy groups -OCH3 is 1. The Bertz CT molecular complexity index is 351. The minimum absolute atomic E-state index is 0.236. The summed E-state index contributed by atoms with van der Waals surface area (Å²) in [4.78, 5) is 11.6. The quantitative estimate of drug-likeness (QED) is 0.414. The Morgan fingerprint density at radius 3 is 2.39 bits per heavy atom. The van der Waals surface area contributed by atoms with Crippen LogP contribution in [0.3, 0.4) is 0 Å². The van der Waals surface area contributed by atoms with Gasteiger partial charge < -0.3 is 14.2 Å². The maximum absolute atomic E-state index is 11.6. The van der Waals surface area contributed by atoms with Gasteiger partial charge in [-0.1, -0.05) is 12.1 Å². The van der Waals surface area contributed by atoms with Crippen molar-refractivity contribution >= 4 is 17.6 Å². The summed E-state index contributed by atoms with van der Waals surface area (Å²) in [5.41, 5.74) is 1.48. The molecule has 0 aliphatic rings. The predicted octanol–water partition coefficient (Wildman–Crippen LogP) is 2.25. The fraction of sp³-hybridized carbons (Fsp3) is 0.462. The molecule has 0 unspecified atom stereocenters. The molecule has 4 nitrogen and oxygen atoms in total. The van der Waals surface area contributed by atoms with Gasteiger partial charge in [-0.3, -0.25) is 0 Å². The summed E-state index contributed by atoms with van der Waals surface area (Å²) < 4.78 is 15.0. The molecule has 0 fully saturated rings. The van der Waals surface area contributed by atoms with Gasteiger partial charge in [0.25, 0.3) is 0 Å². The van der Waals surface area contributed by atoms with E-state index in [1.165, 1.54) is 0 Å². The maximum atomic E-state index is 11.6. The van der Waals surface area contributed by atoms with Crippen molar-refractivity contribution in [2.24, 2.45) is 0 Å². The number of benzene rings is 1. The molecule has 0 saturated carbocycles. The van der Waals surface area contributed by atoms with Gasteiger partial charge in [-0.2, -0.15) is 0 Å². The molecule has 0 radical (unpaired) electrons. The molecule has 18 heavy (non-hydrogen) atoms. The van der Waals surface area contributed by atoms with E-state index in [4.69, 9.17) is 25.8 Å². The molecule has 0 heterocycles. The van der Waals surface area contributed by atoms with Gasteiger partial charge in [0, 0.05) is 13.0 Å². The second-order valence-electron chi connectivity index (χ2n) is 3.57. The van der Waals surface area contributed by atoms with Gasteiger partial charge in [-0.05, 0) is 17.7 Å². The van der Waals surface area contributed by atoms with Crippen molar-refractivity contribution in [3.8, 4) is 0 Å². The van der Waals surface area contributed by atoms with Crippen LogP contribution in [0.1, 0.15) is 15.9 Å². The van der Waals surface area contributed by atoms with Gasteiger partial charge in [-0.15, -0.1) is 11.6 Å². The van der Waals surface area contributed by atoms with Crippen LogP contribution < -0.4 is 0 Å². The van der Waals surface area contributed by atoms with Crippen molar-refractivity contribution in [3.05, 3.63) is 35.4 Å². The van der Waals surface area contributed by atoms with Gasteiger partial charge in [0.2, 0.25) is 0 Å². The number of ether oxygens (including phenoxy) is 3. The number of rotatable bonds is 8. The van der Waals surface area contributed by atoms with Crippen LogP contribution in [0.4, 0.5) is 0 Å². The zero-order chi connectivity index (χ0) is 13.2. The first kappa shape index (κ1) is 15.0. The fourth-order valence-electron chi connectivity index (χ4n) is 1.25. The largest absolute Gasteiger partial charge is 0.460 e. The van der Waals surface area contributed by atoms with Crippen LogP contribution in [-0.4, -0.2) is 39.5 Å². The van der Waals surface area contributed by atoms with Crippen LogP contribution in [-0.2, 0) is 20.1 Å². The Hall–Kier alpha value is -1.10. The number of esters is 1. The Morgan fingerprint density at radius 2 is 1.78 bits per heavy atom. The number of halogens is 1. The number of hydrogen-bond donors (Lipinski definition) is 0. The van der Waals surface area contributed by atoms with Crippen molar-refractivity contribution in [2.45, 2.75) is 5.88 Å². The van der Waals surface area contributed by atoms with Crippen molar-refractivity contribution in [1.29, 1.82) is 0 Å². The first-order valence-electron chi connectivity index (χ1n) is 5.66. The Kier molecular flexibility index (Phi) is 7.41. The molecule has 0 spiro atoms. The number of alkyl halides is 1. The van der Waals surface area contributed by atoms with Crippen molar-refractivity contribution in [2.75, 3.05) is 33.5 Å². The third-order valence-electron chi connectivity index (χ3n) is 2.24. The smallest absolute Gasteiger partial charge is 0.338 e. The van der Waals surface area contributed by atoms with E-state index < -0.39 is 0 Å². The summed E-state index contributed by atoms with van der Waals surface area (Å²) in [6.07, 6.45) is 0. The lowest BCUT2D eigenvalue weighted by molar-refractivity contribution is 0.0214. The lowest BCUT2D eigenvalue weighted by Gasteiger charge is -2.06. The molecule has 0 saturated heterocycles. The molecular formula is C13H17ClO4. The van der Waals surface area contributed by atoms with E-state index in [0.717, 1.165) is 5.56 Å². The van der Waals surface area contributed by atoms with Gasteiger partial charge in [0.05, 0.1) is 25.4 Å². The second-order valence-corrected chi connectivity index (χ2v) is 3.84. The molecule has 0 aliphatic carbocycles. The van der Waals surface area contributed by atoms with Crippen LogP contribution in [0.2, 0.25) is 0 Å². The van der Waals surface area contributed by atoms with E-state index in [1.54, 1.807) is 31.4 Å². The molecule has 1 aromatic carbocycles. The zero-order valence-electron chi connectivity index (χ0n) is 10.4. The van der Waals surface area contributed by atoms with Crippen LogP contribution in [0.5, 0.6) is 0 Å². The van der Waals surface area contributed by atoms with Gasteiger partial charge in [-0.25, -0.2) is 4.79 Å². The van der Waals surface area contributed by atoms with Crippen LogP contribution in [0, 0.1) is 0 Å². The highest BCUT2D eigenvalue weighted by molar-refractivity contribution is 6.17. The van der Waals surface area contributed by atoms with Crippen molar-refractivity contribution in [1.82, 2.24) is 0 Å². The molecule has 0 amide bonds. The van der Waals surface area contributed by atoms with Crippen LogP contribution in [0.15, 0.2) is 24.3 Å². The van der Waals surface area contributed by atoms with Crippen molar-refractivity contribution in [3.63, 3.8) is 0 Å². The number of carbonyl (C=O) groups is 1. The lowest BCUT2D eigenvalue weighted by Crippen LogP contribution is -2.12. The maximum Gasteiger partial charge on any atom is 0.338 e. The standard InChI is InChI=1S/C13H17ClO4/c1-16-6-7-17-8-9-18-13(15)12-4-2-11(10-14)3-5-12/h2-5H,6-10H2,1H3. The Labute approximate surface area is 112 Å². The average molecular weight is 273 g/mol. The van der Waals surface area contributed by atoms with E-state index in [9.17, 15) is 4.79 Å². The van der Waals surface area contributed by atoms with E-state index in [2.05, 4.69) is 0 Å². The topological polar surface area (TPSA) is 44.8 Å². The van der Waals surface area contributed by atoms with Gasteiger partial charge >= 0.3 is 5.97 Å². The van der Waals surface area contributed by atoms with E-state index in [1.807, 2.05) is 0 Å². The number of carbonyl (C=O) groups excluding carboxylic acids is 1. The predicted molar refractivity (Wildman–Crippen MR) is 69.0 cm³/mol. The summed E-state index contributed by atoms with van der Waals surface area (Å²) in [7, 11) is 1.61. The third kappa shape index (κ3) is 5.49. The Balaban J connectivity index is 2.23. The van der Waals surface area contributed by atoms with E-state index in [-0.39, 0.29) is 12.6 Å². The molecular weight excluding hydrogens is 256 g/mol. The Morgan fingerprint density at radius 1 is 1.11 bits per heavy atom. The molecule has 0 bridgehead atoms. The minimum Gasteiger partial charge on any atom is -0.460 e. The zero-order valence-corrected chi connectivity index (χ0v) is 11.1. The van der Waals surface area contributed by atoms with Gasteiger partial charge in [0.1, 0.15) is 6.61 Å². The summed E-state index contributed by atoms with van der Waals surface area (Å²) in [6, 6.07) is 7.01. The van der Waals surface area contributed by atoms with E-state index >= 15 is 0 Å². The lowest BCUT2D eigenvalue weighted by atomic mass is 10.1. The van der Waals surface area contributed by atoms with Crippen molar-refractivity contribution < 1.29 is 19.0 Å². The fourth-order valence-corrected chi connectivity index (χ4v) is 1.43. The third-order valence-corrected chi connectivity index (χ3v) is 2.55. The summed E-state index contributed by atoms with van der Waals surface area (Å²) >= 11 is 5.66. The summed E-state index contributed by atoms with van der Waals surface area (Å²) in [5, 5.41) is 0. The molecule has 100 valence electrons. The molecule has 0 aromatic heterocycles. The highest BCUT2D eigenvalue weighted by Crippen LogP contribution is 2.07. The van der Waals surface area contributed by atoms with Crippen LogP contribution >= 0.6 is 11.6 Å². The molecule has 5 heteroatoms. The highest BCUT2D eigenvalue weighted by Gasteiger charge is 2.06. The molecule has 0 N–H and O–H groups in total. The van der Waals surface area contributed by atoms with E-state index in [0.29, 0.717) is 31.3 Å². The molecule has 1 aromatic rings. The SMILES string of the molecule is COCCOCCOC(=O)c1ccc(CCl)cc1. The van der Waals surface area contributed by atoms with Gasteiger partial charge in [0.15, 0.2) is 0 Å². The average Bonchev–Trinajstić information content (AvgIpc) is 2.42. The summed E-state index contributed by atoms with van der Waals surface area (Å²) in [6.45, 7) is 1.64. The first-order valence-corrected chi connectivity index (χ1v) is 6.20. The normalized spacial score (nSPS) is 10.3. The second kappa shape index (κ2) is 8.91. The monoisotopic (exact) mass is 272 g/mol. The molecule has 0 aliphatic heterocycles. The molecule has 1 rings (SSSR count). The minimum atomic E-state index is -0.355. The van der Waals surface area contributed by atoms with Crippen LogP contribution in [0.25, 0.3) is 0 Å². The highest BCUT2D eigenvalue weighted by atomic mass is 35.5. The summed E-state index contributed by atoms with van der Waals surface area (Å²) in [5.74, 6) is 0.0781.